The van der Waals surface area contributed by atoms with Gasteiger partial charge >= 0.3 is 0 Å². The van der Waals surface area contributed by atoms with Gasteiger partial charge in [-0.05, 0) is 58.5 Å². The van der Waals surface area contributed by atoms with E-state index in [1.165, 1.54) is 5.69 Å². The van der Waals surface area contributed by atoms with Gasteiger partial charge in [0.05, 0.1) is 0 Å². The van der Waals surface area contributed by atoms with Crippen molar-refractivity contribution in [1.82, 2.24) is 14.9 Å². The Kier molecular flexibility index (Phi) is 6.69. The van der Waals surface area contributed by atoms with Crippen molar-refractivity contribution in [2.75, 3.05) is 61.4 Å². The average Bonchev–Trinajstić information content (AvgIpc) is 2.71. The highest BCUT2D eigenvalue weighted by Gasteiger charge is 2.19. The van der Waals surface area contributed by atoms with Crippen molar-refractivity contribution in [3.63, 3.8) is 0 Å². The summed E-state index contributed by atoms with van der Waals surface area (Å²) in [6.07, 6.45) is 0. The van der Waals surface area contributed by atoms with Crippen molar-refractivity contribution >= 4 is 23.1 Å². The maximum atomic E-state index is 12.9. The summed E-state index contributed by atoms with van der Waals surface area (Å²) in [5, 5.41) is 3.02. The molecule has 1 aliphatic rings. The first-order valence-electron chi connectivity index (χ1n) is 10.4. The van der Waals surface area contributed by atoms with Crippen molar-refractivity contribution < 1.29 is 4.79 Å². The summed E-state index contributed by atoms with van der Waals surface area (Å²) >= 11 is 0. The summed E-state index contributed by atoms with van der Waals surface area (Å²) in [6, 6.07) is 7.93. The van der Waals surface area contributed by atoms with Gasteiger partial charge in [-0.2, -0.15) is 0 Å². The van der Waals surface area contributed by atoms with E-state index in [-0.39, 0.29) is 5.91 Å². The van der Waals surface area contributed by atoms with Gasteiger partial charge in [0.15, 0.2) is 0 Å². The molecule has 1 fully saturated rings. The lowest BCUT2D eigenvalue weighted by atomic mass is 10.1. The third-order valence-electron chi connectivity index (χ3n) is 5.47. The first-order chi connectivity index (χ1) is 13.9. The predicted molar refractivity (Wildman–Crippen MR) is 119 cm³/mol. The van der Waals surface area contributed by atoms with E-state index in [1.54, 1.807) is 6.07 Å². The molecule has 7 heteroatoms. The quantitative estimate of drug-likeness (QED) is 0.810. The summed E-state index contributed by atoms with van der Waals surface area (Å²) in [4.78, 5) is 28.6. The number of anilines is 3. The molecule has 2 aromatic rings. The van der Waals surface area contributed by atoms with Gasteiger partial charge in [-0.15, -0.1) is 0 Å². The minimum Gasteiger partial charge on any atom is -0.372 e. The van der Waals surface area contributed by atoms with Gasteiger partial charge in [-0.25, -0.2) is 9.97 Å². The summed E-state index contributed by atoms with van der Waals surface area (Å²) < 4.78 is 0. The zero-order valence-corrected chi connectivity index (χ0v) is 18.2. The molecule has 0 atom stereocenters. The number of benzene rings is 1. The van der Waals surface area contributed by atoms with Crippen molar-refractivity contribution in [2.24, 2.45) is 0 Å². The Hall–Kier alpha value is -2.67. The van der Waals surface area contributed by atoms with E-state index in [0.29, 0.717) is 11.5 Å². The Balaban J connectivity index is 1.77. The molecule has 1 amide bonds. The molecule has 156 valence electrons. The zero-order chi connectivity index (χ0) is 21.0. The molecular formula is C22H32N6O. The molecule has 2 heterocycles. The highest BCUT2D eigenvalue weighted by Crippen LogP contribution is 2.23. The van der Waals surface area contributed by atoms with E-state index in [0.717, 1.165) is 56.3 Å². The minimum absolute atomic E-state index is 0.204. The van der Waals surface area contributed by atoms with Crippen LogP contribution in [0.25, 0.3) is 0 Å². The van der Waals surface area contributed by atoms with Gasteiger partial charge in [-0.3, -0.25) is 4.79 Å². The normalized spacial score (nSPS) is 14.7. The molecule has 3 rings (SSSR count). The van der Waals surface area contributed by atoms with E-state index in [1.807, 2.05) is 19.9 Å². The summed E-state index contributed by atoms with van der Waals surface area (Å²) in [5.74, 6) is 1.23. The summed E-state index contributed by atoms with van der Waals surface area (Å²) in [6.45, 7) is 13.8. The minimum atomic E-state index is -0.204. The Morgan fingerprint density at radius 3 is 2.38 bits per heavy atom. The number of rotatable bonds is 6. The zero-order valence-electron chi connectivity index (χ0n) is 18.2. The Bertz CT molecular complexity index is 856. The largest absolute Gasteiger partial charge is 0.372 e. The Morgan fingerprint density at radius 2 is 1.76 bits per heavy atom. The number of piperazine rings is 1. The fourth-order valence-corrected chi connectivity index (χ4v) is 3.63. The van der Waals surface area contributed by atoms with Crippen LogP contribution in [0.5, 0.6) is 0 Å². The first-order valence-corrected chi connectivity index (χ1v) is 10.4. The Labute approximate surface area is 173 Å². The van der Waals surface area contributed by atoms with Crippen molar-refractivity contribution in [3.8, 4) is 0 Å². The molecule has 7 nitrogen and oxygen atoms in total. The molecule has 29 heavy (non-hydrogen) atoms. The molecular weight excluding hydrogens is 364 g/mol. The third-order valence-corrected chi connectivity index (χ3v) is 5.47. The smallest absolute Gasteiger partial charge is 0.274 e. The molecule has 0 unspecified atom stereocenters. The number of carbonyl (C=O) groups excluding carboxylic acids is 1. The van der Waals surface area contributed by atoms with Crippen LogP contribution in [-0.4, -0.2) is 67.1 Å². The van der Waals surface area contributed by atoms with Crippen molar-refractivity contribution in [3.05, 3.63) is 41.3 Å². The number of aryl methyl sites for hydroxylation is 2. The fraction of sp³-hybridized carbons (Fsp3) is 0.500. The molecule has 1 aliphatic heterocycles. The molecule has 0 radical (unpaired) electrons. The van der Waals surface area contributed by atoms with Gasteiger partial charge in [0.1, 0.15) is 17.3 Å². The van der Waals surface area contributed by atoms with Crippen LogP contribution in [0.3, 0.4) is 0 Å². The molecule has 1 aromatic heterocycles. The topological polar surface area (TPSA) is 64.6 Å². The highest BCUT2D eigenvalue weighted by atomic mass is 16.1. The average molecular weight is 397 g/mol. The van der Waals surface area contributed by atoms with E-state index >= 15 is 0 Å². The van der Waals surface area contributed by atoms with E-state index in [2.05, 4.69) is 63.0 Å². The van der Waals surface area contributed by atoms with Crippen LogP contribution < -0.4 is 15.1 Å². The van der Waals surface area contributed by atoms with Gasteiger partial charge in [0.2, 0.25) is 0 Å². The number of nitrogens with zero attached hydrogens (tertiary/aromatic N) is 5. The van der Waals surface area contributed by atoms with E-state index < -0.39 is 0 Å². The lowest BCUT2D eigenvalue weighted by Crippen LogP contribution is -2.45. The van der Waals surface area contributed by atoms with Gasteiger partial charge in [0, 0.05) is 56.7 Å². The number of likely N-dealkylation sites (N-methyl/N-ethyl adjacent to an activating group) is 1. The van der Waals surface area contributed by atoms with Gasteiger partial charge < -0.3 is 20.0 Å². The number of hydrogen-bond acceptors (Lipinski definition) is 6. The summed E-state index contributed by atoms with van der Waals surface area (Å²) in [7, 11) is 2.12. The highest BCUT2D eigenvalue weighted by molar-refractivity contribution is 6.03. The van der Waals surface area contributed by atoms with Crippen LogP contribution >= 0.6 is 0 Å². The molecule has 0 bridgehead atoms. The maximum Gasteiger partial charge on any atom is 0.274 e. The first kappa shape index (κ1) is 21.0. The maximum absolute atomic E-state index is 12.9. The number of amides is 1. The molecule has 1 aromatic carbocycles. The van der Waals surface area contributed by atoms with Gasteiger partial charge in [0.25, 0.3) is 5.91 Å². The SMILES string of the molecule is CCN(CC)c1ccc(NC(=O)c2cc(N3CCN(C)CC3)nc(C)n2)c(C)c1. The molecule has 1 saturated heterocycles. The number of nitrogens with one attached hydrogen (secondary N) is 1. The number of aromatic nitrogens is 2. The van der Waals surface area contributed by atoms with E-state index in [9.17, 15) is 4.79 Å². The predicted octanol–water partition coefficient (Wildman–Crippen LogP) is 2.94. The van der Waals surface area contributed by atoms with Crippen molar-refractivity contribution in [2.45, 2.75) is 27.7 Å². The third kappa shape index (κ3) is 5.03. The van der Waals surface area contributed by atoms with Crippen molar-refractivity contribution in [1.29, 1.82) is 0 Å². The van der Waals surface area contributed by atoms with Crippen LogP contribution in [0.2, 0.25) is 0 Å². The van der Waals surface area contributed by atoms with Gasteiger partial charge in [-0.1, -0.05) is 0 Å². The van der Waals surface area contributed by atoms with Crippen LogP contribution in [0, 0.1) is 13.8 Å². The molecule has 0 spiro atoms. The van der Waals surface area contributed by atoms with E-state index in [4.69, 9.17) is 0 Å². The van der Waals surface area contributed by atoms with Crippen LogP contribution in [0.1, 0.15) is 35.7 Å². The van der Waals surface area contributed by atoms with Crippen LogP contribution in [0.15, 0.2) is 24.3 Å². The second kappa shape index (κ2) is 9.22. The second-order valence-electron chi connectivity index (χ2n) is 7.57. The lowest BCUT2D eigenvalue weighted by molar-refractivity contribution is 0.102. The number of hydrogen-bond donors (Lipinski definition) is 1. The van der Waals surface area contributed by atoms with Crippen LogP contribution in [0.4, 0.5) is 17.2 Å². The standard InChI is InChI=1S/C22H32N6O/c1-6-27(7-2)18-8-9-19(16(3)14-18)25-22(29)20-15-21(24-17(4)23-20)28-12-10-26(5)11-13-28/h8-9,14-15H,6-7,10-13H2,1-5H3,(H,25,29). The molecule has 0 aliphatic carbocycles. The Morgan fingerprint density at radius 1 is 1.07 bits per heavy atom. The second-order valence-corrected chi connectivity index (χ2v) is 7.57. The lowest BCUT2D eigenvalue weighted by Gasteiger charge is -2.33. The fourth-order valence-electron chi connectivity index (χ4n) is 3.63. The molecule has 0 saturated carbocycles. The van der Waals surface area contributed by atoms with Crippen LogP contribution in [-0.2, 0) is 0 Å². The summed E-state index contributed by atoms with van der Waals surface area (Å²) in [5.41, 5.74) is 3.41. The molecule has 1 N–H and O–H groups in total. The monoisotopic (exact) mass is 396 g/mol. The number of carbonyl (C=O) groups is 1.